The molecule has 1 unspecified atom stereocenters. The normalized spacial score (nSPS) is 17.4. The molecule has 1 aliphatic rings. The maximum atomic E-state index is 11.8. The zero-order valence-electron chi connectivity index (χ0n) is 12.9. The number of nitrogens with zero attached hydrogens (tertiary/aromatic N) is 2. The number of esters is 1. The number of ether oxygens (including phenoxy) is 1. The molecule has 1 atom stereocenters. The Morgan fingerprint density at radius 2 is 2.29 bits per heavy atom. The summed E-state index contributed by atoms with van der Waals surface area (Å²) in [5, 5.41) is 1.18. The minimum Gasteiger partial charge on any atom is -0.466 e. The highest BCUT2D eigenvalue weighted by molar-refractivity contribution is 5.85. The van der Waals surface area contributed by atoms with Gasteiger partial charge >= 0.3 is 5.97 Å². The van der Waals surface area contributed by atoms with Crippen molar-refractivity contribution in [1.82, 2.24) is 9.55 Å². The molecular formula is C17H22N2O2. The van der Waals surface area contributed by atoms with Gasteiger partial charge in [0.25, 0.3) is 0 Å². The van der Waals surface area contributed by atoms with E-state index in [4.69, 9.17) is 4.74 Å². The molecule has 4 nitrogen and oxygen atoms in total. The zero-order chi connectivity index (χ0) is 15.0. The monoisotopic (exact) mass is 286 g/mol. The van der Waals surface area contributed by atoms with Crippen LogP contribution in [0.2, 0.25) is 0 Å². The molecule has 2 aromatic heterocycles. The Labute approximate surface area is 125 Å². The maximum Gasteiger partial charge on any atom is 0.307 e. The highest BCUT2D eigenvalue weighted by atomic mass is 16.5. The number of carbonyl (C=O) groups excluding carboxylic acids is 1. The van der Waals surface area contributed by atoms with Crippen molar-refractivity contribution in [3.63, 3.8) is 0 Å². The van der Waals surface area contributed by atoms with Crippen molar-refractivity contribution in [2.45, 2.75) is 52.0 Å². The number of fused-ring (bicyclic) bond motifs is 3. The molecule has 2 aromatic rings. The number of aryl methyl sites for hydroxylation is 1. The lowest BCUT2D eigenvalue weighted by Crippen LogP contribution is -2.13. The Kier molecular flexibility index (Phi) is 3.70. The van der Waals surface area contributed by atoms with Gasteiger partial charge in [-0.3, -0.25) is 9.78 Å². The highest BCUT2D eigenvalue weighted by Gasteiger charge is 2.28. The van der Waals surface area contributed by atoms with Crippen molar-refractivity contribution >= 4 is 16.9 Å². The van der Waals surface area contributed by atoms with E-state index >= 15 is 0 Å². The number of hydrogen-bond acceptors (Lipinski definition) is 3. The largest absolute Gasteiger partial charge is 0.466 e. The first-order valence-corrected chi connectivity index (χ1v) is 7.75. The first-order chi connectivity index (χ1) is 10.1. The third kappa shape index (κ3) is 2.43. The Morgan fingerprint density at radius 1 is 1.48 bits per heavy atom. The molecule has 0 saturated heterocycles. The zero-order valence-corrected chi connectivity index (χ0v) is 12.9. The molecule has 21 heavy (non-hydrogen) atoms. The number of aromatic nitrogens is 2. The van der Waals surface area contributed by atoms with Crippen molar-refractivity contribution in [1.29, 1.82) is 0 Å². The van der Waals surface area contributed by atoms with Crippen LogP contribution in [0.5, 0.6) is 0 Å². The Morgan fingerprint density at radius 3 is 3.00 bits per heavy atom. The molecule has 3 heterocycles. The standard InChI is InChI=1S/C17H22N2O2/c1-4-21-16(20)8-14-6-5-13-7-12-9-18-10-15(11(2)3)17(12)19(13)14/h7,9-11,14H,4-6,8H2,1-3H3. The average Bonchev–Trinajstić information content (AvgIpc) is 2.98. The first kappa shape index (κ1) is 14.1. The lowest BCUT2D eigenvalue weighted by molar-refractivity contribution is -0.143. The summed E-state index contributed by atoms with van der Waals surface area (Å²) in [5.41, 5.74) is 3.82. The summed E-state index contributed by atoms with van der Waals surface area (Å²) >= 11 is 0. The number of rotatable bonds is 4. The second-order valence-corrected chi connectivity index (χ2v) is 6.03. The highest BCUT2D eigenvalue weighted by Crippen LogP contribution is 2.37. The molecule has 0 aliphatic carbocycles. The van der Waals surface area contributed by atoms with Crippen molar-refractivity contribution < 1.29 is 9.53 Å². The average molecular weight is 286 g/mol. The second-order valence-electron chi connectivity index (χ2n) is 6.03. The van der Waals surface area contributed by atoms with Crippen LogP contribution in [0.25, 0.3) is 10.9 Å². The quantitative estimate of drug-likeness (QED) is 0.807. The molecule has 0 fully saturated rings. The molecule has 1 aliphatic heterocycles. The molecular weight excluding hydrogens is 264 g/mol. The topological polar surface area (TPSA) is 44.1 Å². The fourth-order valence-electron chi connectivity index (χ4n) is 3.34. The van der Waals surface area contributed by atoms with E-state index < -0.39 is 0 Å². The number of carbonyl (C=O) groups is 1. The molecule has 0 bridgehead atoms. The van der Waals surface area contributed by atoms with E-state index in [1.54, 1.807) is 0 Å². The lowest BCUT2D eigenvalue weighted by atomic mass is 10.0. The summed E-state index contributed by atoms with van der Waals surface area (Å²) in [6.07, 6.45) is 6.39. The van der Waals surface area contributed by atoms with Crippen molar-refractivity contribution in [2.75, 3.05) is 6.61 Å². The van der Waals surface area contributed by atoms with E-state index in [1.807, 2.05) is 19.3 Å². The van der Waals surface area contributed by atoms with E-state index in [2.05, 4.69) is 29.5 Å². The molecule has 3 rings (SSSR count). The minimum absolute atomic E-state index is 0.0997. The van der Waals surface area contributed by atoms with Gasteiger partial charge in [0, 0.05) is 29.5 Å². The van der Waals surface area contributed by atoms with Gasteiger partial charge in [0.05, 0.1) is 18.5 Å². The molecule has 112 valence electrons. The minimum atomic E-state index is -0.0997. The van der Waals surface area contributed by atoms with Gasteiger partial charge in [-0.1, -0.05) is 13.8 Å². The van der Waals surface area contributed by atoms with Gasteiger partial charge in [0.15, 0.2) is 0 Å². The fraction of sp³-hybridized carbons (Fsp3) is 0.529. The van der Waals surface area contributed by atoms with Crippen molar-refractivity contribution in [3.8, 4) is 0 Å². The van der Waals surface area contributed by atoms with Crippen LogP contribution in [0.3, 0.4) is 0 Å². The van der Waals surface area contributed by atoms with E-state index in [9.17, 15) is 4.79 Å². The van der Waals surface area contributed by atoms with Crippen LogP contribution >= 0.6 is 0 Å². The van der Waals surface area contributed by atoms with Gasteiger partial charge in [0.2, 0.25) is 0 Å². The SMILES string of the molecule is CCOC(=O)CC1CCc2cc3cncc(C(C)C)c3n21. The van der Waals surface area contributed by atoms with Crippen LogP contribution in [0.4, 0.5) is 0 Å². The summed E-state index contributed by atoms with van der Waals surface area (Å²) in [6.45, 7) is 6.68. The lowest BCUT2D eigenvalue weighted by Gasteiger charge is -2.17. The third-order valence-electron chi connectivity index (χ3n) is 4.28. The van der Waals surface area contributed by atoms with Crippen LogP contribution in [-0.4, -0.2) is 22.1 Å². The molecule has 0 N–H and O–H groups in total. The Hall–Kier alpha value is -1.84. The van der Waals surface area contributed by atoms with E-state index in [0.717, 1.165) is 12.8 Å². The molecule has 0 spiro atoms. The molecule has 0 aromatic carbocycles. The van der Waals surface area contributed by atoms with E-state index in [-0.39, 0.29) is 12.0 Å². The second kappa shape index (κ2) is 5.51. The van der Waals surface area contributed by atoms with Crippen LogP contribution in [0.15, 0.2) is 18.5 Å². The fourth-order valence-corrected chi connectivity index (χ4v) is 3.34. The van der Waals surface area contributed by atoms with Crippen LogP contribution < -0.4 is 0 Å². The van der Waals surface area contributed by atoms with Crippen molar-refractivity contribution in [3.05, 3.63) is 29.7 Å². The third-order valence-corrected chi connectivity index (χ3v) is 4.28. The van der Waals surface area contributed by atoms with Gasteiger partial charge in [0.1, 0.15) is 0 Å². The molecule has 0 saturated carbocycles. The van der Waals surface area contributed by atoms with Crippen molar-refractivity contribution in [2.24, 2.45) is 0 Å². The predicted molar refractivity (Wildman–Crippen MR) is 82.4 cm³/mol. The molecule has 0 radical (unpaired) electrons. The molecule has 0 amide bonds. The summed E-state index contributed by atoms with van der Waals surface area (Å²) < 4.78 is 7.47. The number of hydrogen-bond donors (Lipinski definition) is 0. The van der Waals surface area contributed by atoms with Gasteiger partial charge in [-0.2, -0.15) is 0 Å². The predicted octanol–water partition coefficient (Wildman–Crippen LogP) is 3.60. The van der Waals surface area contributed by atoms with Gasteiger partial charge < -0.3 is 9.30 Å². The van der Waals surface area contributed by atoms with E-state index in [0.29, 0.717) is 18.9 Å². The Balaban J connectivity index is 2.04. The van der Waals surface area contributed by atoms with Gasteiger partial charge in [-0.15, -0.1) is 0 Å². The first-order valence-electron chi connectivity index (χ1n) is 7.75. The number of pyridine rings is 1. The summed E-state index contributed by atoms with van der Waals surface area (Å²) in [5.74, 6) is 0.321. The van der Waals surface area contributed by atoms with Gasteiger partial charge in [-0.05, 0) is 37.3 Å². The summed E-state index contributed by atoms with van der Waals surface area (Å²) in [6, 6.07) is 2.44. The van der Waals surface area contributed by atoms with Crippen LogP contribution in [-0.2, 0) is 16.0 Å². The van der Waals surface area contributed by atoms with Crippen LogP contribution in [0.1, 0.15) is 56.8 Å². The summed E-state index contributed by atoms with van der Waals surface area (Å²) in [4.78, 5) is 16.2. The van der Waals surface area contributed by atoms with Gasteiger partial charge in [-0.25, -0.2) is 0 Å². The smallest absolute Gasteiger partial charge is 0.307 e. The Bertz CT molecular complexity index is 673. The van der Waals surface area contributed by atoms with E-state index in [1.165, 1.54) is 22.2 Å². The maximum absolute atomic E-state index is 11.8. The molecule has 4 heteroatoms. The summed E-state index contributed by atoms with van der Waals surface area (Å²) in [7, 11) is 0. The van der Waals surface area contributed by atoms with Crippen LogP contribution in [0, 0.1) is 0 Å².